The number of hydrogen-bond acceptors (Lipinski definition) is 6. The summed E-state index contributed by atoms with van der Waals surface area (Å²) in [5.41, 5.74) is -0.867. The molecule has 25 heavy (non-hydrogen) atoms. The van der Waals surface area contributed by atoms with E-state index in [-0.39, 0.29) is 17.0 Å². The predicted molar refractivity (Wildman–Crippen MR) is 94.0 cm³/mol. The molecule has 0 aliphatic heterocycles. The maximum absolute atomic E-state index is 12.6. The molecule has 7 nitrogen and oxygen atoms in total. The molecule has 0 spiro atoms. The monoisotopic (exact) mass is 369 g/mol. The highest BCUT2D eigenvalue weighted by molar-refractivity contribution is 6.28. The molecule has 1 aliphatic carbocycles. The third-order valence-electron chi connectivity index (χ3n) is 3.08. The van der Waals surface area contributed by atoms with Crippen LogP contribution in [0, 0.1) is 0 Å². The van der Waals surface area contributed by atoms with Crippen LogP contribution in [-0.4, -0.2) is 33.4 Å². The van der Waals surface area contributed by atoms with Gasteiger partial charge in [-0.2, -0.15) is 9.88 Å². The number of hydrogen-bond donors (Lipinski definition) is 0. The van der Waals surface area contributed by atoms with E-state index in [2.05, 4.69) is 9.97 Å². The van der Waals surface area contributed by atoms with Crippen LogP contribution in [0.3, 0.4) is 0 Å². The molecular weight excluding hydrogens is 346 g/mol. The number of aromatic nitrogens is 2. The molecule has 2 rings (SSSR count). The Bertz CT molecular complexity index is 647. The average Bonchev–Trinajstić information content (AvgIpc) is 3.17. The van der Waals surface area contributed by atoms with Crippen molar-refractivity contribution in [3.05, 3.63) is 17.0 Å². The minimum atomic E-state index is -0.877. The smallest absolute Gasteiger partial charge is 0.425 e. The summed E-state index contributed by atoms with van der Waals surface area (Å²) >= 11 is 5.99. The summed E-state index contributed by atoms with van der Waals surface area (Å²) in [5.74, 6) is 0.323. The fourth-order valence-corrected chi connectivity index (χ4v) is 2.19. The van der Waals surface area contributed by atoms with Gasteiger partial charge in [-0.25, -0.2) is 14.6 Å². The van der Waals surface area contributed by atoms with E-state index in [0.717, 1.165) is 17.7 Å². The Kier molecular flexibility index (Phi) is 5.27. The highest BCUT2D eigenvalue weighted by Gasteiger charge is 2.35. The third kappa shape index (κ3) is 5.85. The predicted octanol–water partition coefficient (Wildman–Crippen LogP) is 4.68. The Balaban J connectivity index is 2.40. The maximum atomic E-state index is 12.6. The fourth-order valence-electron chi connectivity index (χ4n) is 2.00. The van der Waals surface area contributed by atoms with Crippen LogP contribution in [-0.2, 0) is 9.47 Å². The summed E-state index contributed by atoms with van der Waals surface area (Å²) in [7, 11) is 0. The molecular formula is C17H24ClN3O4. The first kappa shape index (κ1) is 19.4. The van der Waals surface area contributed by atoms with Crippen molar-refractivity contribution in [1.29, 1.82) is 0 Å². The van der Waals surface area contributed by atoms with Crippen molar-refractivity contribution in [3.63, 3.8) is 0 Å². The normalized spacial score (nSPS) is 14.8. The van der Waals surface area contributed by atoms with Gasteiger partial charge < -0.3 is 9.47 Å². The molecule has 1 aromatic heterocycles. The van der Waals surface area contributed by atoms with E-state index in [1.165, 1.54) is 0 Å². The van der Waals surface area contributed by atoms with Crippen molar-refractivity contribution in [2.75, 3.05) is 4.90 Å². The molecule has 0 radical (unpaired) electrons. The van der Waals surface area contributed by atoms with Gasteiger partial charge in [0.2, 0.25) is 5.28 Å². The SMILES string of the molecule is CC(C)(C)OC(=O)N(C(=O)OC(C)(C)C)c1cc(C2CC2)nc(Cl)n1. The number of ether oxygens (including phenoxy) is 2. The number of rotatable bonds is 2. The van der Waals surface area contributed by atoms with Crippen LogP contribution >= 0.6 is 11.6 Å². The van der Waals surface area contributed by atoms with Crippen LogP contribution in [0.25, 0.3) is 0 Å². The molecule has 0 N–H and O–H groups in total. The van der Waals surface area contributed by atoms with E-state index < -0.39 is 23.4 Å². The second-order valence-corrected chi connectivity index (χ2v) is 8.33. The highest BCUT2D eigenvalue weighted by Crippen LogP contribution is 2.40. The number of carbonyl (C=O) groups excluding carboxylic acids is 2. The van der Waals surface area contributed by atoms with Crippen LogP contribution in [0.5, 0.6) is 0 Å². The molecule has 1 heterocycles. The summed E-state index contributed by atoms with van der Waals surface area (Å²) < 4.78 is 10.7. The molecule has 0 bridgehead atoms. The summed E-state index contributed by atoms with van der Waals surface area (Å²) in [5, 5.41) is -0.0310. The largest absolute Gasteiger partial charge is 0.443 e. The molecule has 0 saturated heterocycles. The first-order valence-electron chi connectivity index (χ1n) is 8.16. The van der Waals surface area contributed by atoms with Gasteiger partial charge in [0, 0.05) is 12.0 Å². The summed E-state index contributed by atoms with van der Waals surface area (Å²) in [6.07, 6.45) is 0.230. The van der Waals surface area contributed by atoms with Gasteiger partial charge in [0.1, 0.15) is 11.2 Å². The third-order valence-corrected chi connectivity index (χ3v) is 3.25. The van der Waals surface area contributed by atoms with Crippen molar-refractivity contribution >= 4 is 29.6 Å². The lowest BCUT2D eigenvalue weighted by atomic mass is 10.2. The lowest BCUT2D eigenvalue weighted by Gasteiger charge is -2.28. The van der Waals surface area contributed by atoms with Crippen LogP contribution in [0.15, 0.2) is 6.07 Å². The highest BCUT2D eigenvalue weighted by atomic mass is 35.5. The molecule has 1 aliphatic rings. The first-order chi connectivity index (χ1) is 11.4. The molecule has 1 aromatic rings. The lowest BCUT2D eigenvalue weighted by molar-refractivity contribution is 0.0429. The van der Waals surface area contributed by atoms with Crippen LogP contribution in [0.1, 0.15) is 66.0 Å². The minimum absolute atomic E-state index is 0.0310. The number of imide groups is 1. The molecule has 0 aromatic carbocycles. The topological polar surface area (TPSA) is 81.6 Å². The van der Waals surface area contributed by atoms with E-state index in [1.807, 2.05) is 0 Å². The molecule has 0 unspecified atom stereocenters. The standard InChI is InChI=1S/C17H24ClN3O4/c1-16(2,3)24-14(22)21(15(23)25-17(4,5)6)12-9-11(10-7-8-10)19-13(18)20-12/h9-10H,7-8H2,1-6H3. The van der Waals surface area contributed by atoms with Crippen LogP contribution < -0.4 is 4.90 Å². The van der Waals surface area contributed by atoms with Crippen LogP contribution in [0.4, 0.5) is 15.4 Å². The number of carbonyl (C=O) groups is 2. The van der Waals surface area contributed by atoms with Gasteiger partial charge >= 0.3 is 12.2 Å². The molecule has 138 valence electrons. The summed E-state index contributed by atoms with van der Waals surface area (Å²) in [6, 6.07) is 1.58. The Morgan fingerprint density at radius 1 is 1.04 bits per heavy atom. The van der Waals surface area contributed by atoms with E-state index in [0.29, 0.717) is 5.69 Å². The molecule has 2 amide bonds. The van der Waals surface area contributed by atoms with Crippen molar-refractivity contribution in [2.24, 2.45) is 0 Å². The van der Waals surface area contributed by atoms with Gasteiger partial charge in [0.25, 0.3) is 0 Å². The Morgan fingerprint density at radius 2 is 1.52 bits per heavy atom. The first-order valence-corrected chi connectivity index (χ1v) is 8.54. The summed E-state index contributed by atoms with van der Waals surface area (Å²) in [6.45, 7) is 10.3. The molecule has 1 fully saturated rings. The number of nitrogens with zero attached hydrogens (tertiary/aromatic N) is 3. The van der Waals surface area contributed by atoms with Crippen molar-refractivity contribution in [2.45, 2.75) is 71.5 Å². The van der Waals surface area contributed by atoms with E-state index >= 15 is 0 Å². The zero-order valence-corrected chi connectivity index (χ0v) is 16.2. The van der Waals surface area contributed by atoms with Crippen molar-refractivity contribution in [3.8, 4) is 0 Å². The van der Waals surface area contributed by atoms with Crippen molar-refractivity contribution in [1.82, 2.24) is 9.97 Å². The molecule has 8 heteroatoms. The number of halogens is 1. The molecule has 0 atom stereocenters. The number of anilines is 1. The Labute approximate surface area is 152 Å². The quantitative estimate of drug-likeness (QED) is 0.703. The Hall–Kier alpha value is -1.89. The van der Waals surface area contributed by atoms with Gasteiger partial charge in [-0.15, -0.1) is 0 Å². The summed E-state index contributed by atoms with van der Waals surface area (Å²) in [4.78, 5) is 34.1. The van der Waals surface area contributed by atoms with Crippen molar-refractivity contribution < 1.29 is 19.1 Å². The lowest BCUT2D eigenvalue weighted by Crippen LogP contribution is -2.44. The van der Waals surface area contributed by atoms with E-state index in [9.17, 15) is 9.59 Å². The zero-order valence-electron chi connectivity index (χ0n) is 15.4. The minimum Gasteiger partial charge on any atom is -0.443 e. The van der Waals surface area contributed by atoms with Gasteiger partial charge in [-0.1, -0.05) is 0 Å². The fraction of sp³-hybridized carbons (Fsp3) is 0.647. The second kappa shape index (κ2) is 6.78. The van der Waals surface area contributed by atoms with E-state index in [1.54, 1.807) is 47.6 Å². The van der Waals surface area contributed by atoms with Gasteiger partial charge in [0.05, 0.1) is 5.69 Å². The zero-order chi connectivity index (χ0) is 19.0. The van der Waals surface area contributed by atoms with Gasteiger partial charge in [-0.05, 0) is 66.0 Å². The van der Waals surface area contributed by atoms with Gasteiger partial charge in [0.15, 0.2) is 5.82 Å². The Morgan fingerprint density at radius 3 is 1.92 bits per heavy atom. The van der Waals surface area contributed by atoms with Crippen LogP contribution in [0.2, 0.25) is 5.28 Å². The van der Waals surface area contributed by atoms with E-state index in [4.69, 9.17) is 21.1 Å². The van der Waals surface area contributed by atoms with Gasteiger partial charge in [-0.3, -0.25) is 0 Å². The number of amides is 2. The average molecular weight is 370 g/mol. The second-order valence-electron chi connectivity index (χ2n) is 7.99. The maximum Gasteiger partial charge on any atom is 0.425 e. The molecule has 1 saturated carbocycles.